The number of hydrogen-bond acceptors (Lipinski definition) is 1. The van der Waals surface area contributed by atoms with E-state index in [2.05, 4.69) is 18.8 Å². The molecule has 0 fully saturated rings. The molecular weight excluding hydrogens is 165 g/mol. The van der Waals surface area contributed by atoms with Crippen LogP contribution in [-0.4, -0.2) is 4.98 Å². The topological polar surface area (TPSA) is 12.9 Å². The molecule has 1 heterocycles. The minimum absolute atomic E-state index is 0.176. The summed E-state index contributed by atoms with van der Waals surface area (Å²) in [5, 5.41) is 0. The molecule has 0 aromatic carbocycles. The second-order valence-electron chi connectivity index (χ2n) is 3.53. The van der Waals surface area contributed by atoms with Gasteiger partial charge >= 0.3 is 0 Å². The van der Waals surface area contributed by atoms with Crippen LogP contribution >= 0.6 is 0 Å². The fourth-order valence-corrected chi connectivity index (χ4v) is 1.49. The van der Waals surface area contributed by atoms with E-state index in [1.54, 1.807) is 12.3 Å². The molecule has 0 amide bonds. The Bertz CT molecular complexity index is 260. The highest BCUT2D eigenvalue weighted by atomic mass is 19.1. The Hall–Kier alpha value is -0.920. The van der Waals surface area contributed by atoms with E-state index in [4.69, 9.17) is 0 Å². The quantitative estimate of drug-likeness (QED) is 0.695. The molecule has 0 N–H and O–H groups in total. The number of aromatic nitrogens is 1. The number of nitrogens with zero attached hydrogens (tertiary/aromatic N) is 1. The number of halogens is 1. The lowest BCUT2D eigenvalue weighted by atomic mass is 10.00. The Kier molecular flexibility index (Phi) is 3.87. The van der Waals surface area contributed by atoms with Gasteiger partial charge in [-0.25, -0.2) is 4.39 Å². The molecule has 1 unspecified atom stereocenters. The van der Waals surface area contributed by atoms with Gasteiger partial charge in [0.25, 0.3) is 0 Å². The van der Waals surface area contributed by atoms with Crippen molar-refractivity contribution in [2.45, 2.75) is 33.1 Å². The molecule has 0 aliphatic rings. The standard InChI is InChI=1S/C11H16FN/c1-3-5-9(2)8-11-10(12)6-4-7-13-11/h4,6-7,9H,3,5,8H2,1-2H3. The first-order chi connectivity index (χ1) is 6.24. The molecule has 0 aliphatic carbocycles. The predicted octanol–water partition coefficient (Wildman–Crippen LogP) is 3.20. The fourth-order valence-electron chi connectivity index (χ4n) is 1.49. The molecule has 2 heteroatoms. The highest BCUT2D eigenvalue weighted by Crippen LogP contribution is 2.13. The van der Waals surface area contributed by atoms with Crippen LogP contribution in [0.4, 0.5) is 4.39 Å². The van der Waals surface area contributed by atoms with Gasteiger partial charge in [-0.2, -0.15) is 0 Å². The highest BCUT2D eigenvalue weighted by molar-refractivity contribution is 5.07. The van der Waals surface area contributed by atoms with Crippen LogP contribution in [0.15, 0.2) is 18.3 Å². The van der Waals surface area contributed by atoms with Crippen molar-refractivity contribution in [3.8, 4) is 0 Å². The zero-order valence-corrected chi connectivity index (χ0v) is 8.26. The van der Waals surface area contributed by atoms with E-state index in [0.29, 0.717) is 11.6 Å². The van der Waals surface area contributed by atoms with Crippen molar-refractivity contribution in [1.29, 1.82) is 0 Å². The Morgan fingerprint density at radius 1 is 1.54 bits per heavy atom. The van der Waals surface area contributed by atoms with Crippen molar-refractivity contribution in [2.75, 3.05) is 0 Å². The SMILES string of the molecule is CCCC(C)Cc1ncccc1F. The molecule has 0 spiro atoms. The molecule has 0 aliphatic heterocycles. The summed E-state index contributed by atoms with van der Waals surface area (Å²) in [6.07, 6.45) is 4.68. The molecular formula is C11H16FN. The minimum atomic E-state index is -0.176. The zero-order valence-electron chi connectivity index (χ0n) is 8.26. The average molecular weight is 181 g/mol. The molecule has 0 saturated carbocycles. The van der Waals surface area contributed by atoms with E-state index in [9.17, 15) is 4.39 Å². The maximum atomic E-state index is 13.1. The third-order valence-electron chi connectivity index (χ3n) is 2.16. The Balaban J connectivity index is 2.58. The number of hydrogen-bond donors (Lipinski definition) is 0. The van der Waals surface area contributed by atoms with Gasteiger partial charge in [-0.15, -0.1) is 0 Å². The monoisotopic (exact) mass is 181 g/mol. The van der Waals surface area contributed by atoms with Gasteiger partial charge in [0.15, 0.2) is 0 Å². The average Bonchev–Trinajstić information content (AvgIpc) is 2.09. The lowest BCUT2D eigenvalue weighted by molar-refractivity contribution is 0.495. The van der Waals surface area contributed by atoms with Crippen molar-refractivity contribution in [1.82, 2.24) is 4.98 Å². The van der Waals surface area contributed by atoms with Gasteiger partial charge in [0.2, 0.25) is 0 Å². The Morgan fingerprint density at radius 3 is 2.92 bits per heavy atom. The van der Waals surface area contributed by atoms with Crippen LogP contribution in [0.2, 0.25) is 0 Å². The smallest absolute Gasteiger partial charge is 0.144 e. The molecule has 0 radical (unpaired) electrons. The van der Waals surface area contributed by atoms with Crippen LogP contribution in [0, 0.1) is 11.7 Å². The normalized spacial score (nSPS) is 12.8. The fraction of sp³-hybridized carbons (Fsp3) is 0.545. The maximum Gasteiger partial charge on any atom is 0.144 e. The zero-order chi connectivity index (χ0) is 9.68. The van der Waals surface area contributed by atoms with Crippen LogP contribution in [0.1, 0.15) is 32.4 Å². The lowest BCUT2D eigenvalue weighted by Crippen LogP contribution is -2.03. The van der Waals surface area contributed by atoms with Gasteiger partial charge in [0, 0.05) is 6.20 Å². The van der Waals surface area contributed by atoms with Gasteiger partial charge in [-0.05, 0) is 24.5 Å². The summed E-state index contributed by atoms with van der Waals surface area (Å²) in [5.74, 6) is 0.347. The predicted molar refractivity (Wildman–Crippen MR) is 52.0 cm³/mol. The van der Waals surface area contributed by atoms with Crippen molar-refractivity contribution < 1.29 is 4.39 Å². The summed E-state index contributed by atoms with van der Waals surface area (Å²) in [7, 11) is 0. The molecule has 72 valence electrons. The first-order valence-electron chi connectivity index (χ1n) is 4.83. The maximum absolute atomic E-state index is 13.1. The van der Waals surface area contributed by atoms with E-state index < -0.39 is 0 Å². The summed E-state index contributed by atoms with van der Waals surface area (Å²) < 4.78 is 13.1. The van der Waals surface area contributed by atoms with Crippen molar-refractivity contribution in [3.05, 3.63) is 29.8 Å². The largest absolute Gasteiger partial charge is 0.258 e. The van der Waals surface area contributed by atoms with E-state index in [0.717, 1.165) is 19.3 Å². The molecule has 13 heavy (non-hydrogen) atoms. The molecule has 1 nitrogen and oxygen atoms in total. The number of pyridine rings is 1. The highest BCUT2D eigenvalue weighted by Gasteiger charge is 2.07. The van der Waals surface area contributed by atoms with E-state index in [-0.39, 0.29) is 5.82 Å². The Labute approximate surface area is 79.0 Å². The van der Waals surface area contributed by atoms with Crippen molar-refractivity contribution in [2.24, 2.45) is 5.92 Å². The third-order valence-corrected chi connectivity index (χ3v) is 2.16. The van der Waals surface area contributed by atoms with Crippen LogP contribution < -0.4 is 0 Å². The molecule has 1 aromatic heterocycles. The summed E-state index contributed by atoms with van der Waals surface area (Å²) in [5.41, 5.74) is 0.600. The van der Waals surface area contributed by atoms with Gasteiger partial charge < -0.3 is 0 Å². The van der Waals surface area contributed by atoms with E-state index >= 15 is 0 Å². The molecule has 1 rings (SSSR count). The van der Waals surface area contributed by atoms with E-state index in [1.165, 1.54) is 6.07 Å². The van der Waals surface area contributed by atoms with Crippen LogP contribution in [-0.2, 0) is 6.42 Å². The lowest BCUT2D eigenvalue weighted by Gasteiger charge is -2.09. The molecule has 0 bridgehead atoms. The summed E-state index contributed by atoms with van der Waals surface area (Å²) in [6, 6.07) is 3.10. The van der Waals surface area contributed by atoms with Crippen molar-refractivity contribution in [3.63, 3.8) is 0 Å². The van der Waals surface area contributed by atoms with Gasteiger partial charge in [-0.3, -0.25) is 4.98 Å². The second kappa shape index (κ2) is 4.95. The van der Waals surface area contributed by atoms with Crippen LogP contribution in [0.3, 0.4) is 0 Å². The summed E-state index contributed by atoms with van der Waals surface area (Å²) in [4.78, 5) is 4.03. The Morgan fingerprint density at radius 2 is 2.31 bits per heavy atom. The van der Waals surface area contributed by atoms with E-state index in [1.807, 2.05) is 0 Å². The molecule has 1 aromatic rings. The van der Waals surface area contributed by atoms with Crippen molar-refractivity contribution >= 4 is 0 Å². The van der Waals surface area contributed by atoms with Crippen LogP contribution in [0.25, 0.3) is 0 Å². The first-order valence-corrected chi connectivity index (χ1v) is 4.83. The van der Waals surface area contributed by atoms with Gasteiger partial charge in [0.05, 0.1) is 5.69 Å². The van der Waals surface area contributed by atoms with Gasteiger partial charge in [0.1, 0.15) is 5.82 Å². The molecule has 0 saturated heterocycles. The summed E-state index contributed by atoms with van der Waals surface area (Å²) in [6.45, 7) is 4.28. The number of rotatable bonds is 4. The first kappa shape index (κ1) is 10.2. The van der Waals surface area contributed by atoms with Gasteiger partial charge in [-0.1, -0.05) is 26.7 Å². The minimum Gasteiger partial charge on any atom is -0.258 e. The molecule has 1 atom stereocenters. The summed E-state index contributed by atoms with van der Waals surface area (Å²) >= 11 is 0. The second-order valence-corrected chi connectivity index (χ2v) is 3.53. The third kappa shape index (κ3) is 3.13. The van der Waals surface area contributed by atoms with Crippen LogP contribution in [0.5, 0.6) is 0 Å².